The molecule has 2 aromatic heterocycles. The van der Waals surface area contributed by atoms with E-state index in [-0.39, 0.29) is 11.7 Å². The summed E-state index contributed by atoms with van der Waals surface area (Å²) in [5, 5.41) is 19.7. The first-order valence-electron chi connectivity index (χ1n) is 6.07. The molecule has 0 aliphatic rings. The number of fused-ring (bicyclic) bond motifs is 1. The van der Waals surface area contributed by atoms with E-state index in [0.717, 1.165) is 10.9 Å². The maximum absolute atomic E-state index is 10.1. The van der Waals surface area contributed by atoms with E-state index in [2.05, 4.69) is 15.2 Å². The smallest absolute Gasteiger partial charge is 0.220 e. The average Bonchev–Trinajstić information content (AvgIpc) is 2.71. The molecule has 0 fully saturated rings. The van der Waals surface area contributed by atoms with Gasteiger partial charge in [0.2, 0.25) is 5.88 Å². The average molecular weight is 321 g/mol. The van der Waals surface area contributed by atoms with E-state index >= 15 is 0 Å². The molecule has 0 radical (unpaired) electrons. The third-order valence-electron chi connectivity index (χ3n) is 3.08. The first kappa shape index (κ1) is 13.9. The summed E-state index contributed by atoms with van der Waals surface area (Å²) in [6, 6.07) is 9.05. The predicted molar refractivity (Wildman–Crippen MR) is 83.0 cm³/mol. The van der Waals surface area contributed by atoms with Crippen molar-refractivity contribution in [2.75, 3.05) is 0 Å². The van der Waals surface area contributed by atoms with Crippen LogP contribution in [0.4, 0.5) is 11.5 Å². The number of aromatic hydroxyl groups is 1. The number of hydrogen-bond donors (Lipinski definition) is 1. The van der Waals surface area contributed by atoms with Crippen LogP contribution in [0, 0.1) is 0 Å². The van der Waals surface area contributed by atoms with E-state index in [0.29, 0.717) is 15.7 Å². The van der Waals surface area contributed by atoms with Crippen LogP contribution in [-0.4, -0.2) is 14.7 Å². The zero-order valence-electron chi connectivity index (χ0n) is 11.0. The fourth-order valence-electron chi connectivity index (χ4n) is 2.04. The Morgan fingerprint density at radius 1 is 1.19 bits per heavy atom. The number of aryl methyl sites for hydroxylation is 1. The van der Waals surface area contributed by atoms with Gasteiger partial charge in [-0.25, -0.2) is 4.98 Å². The molecular formula is C14H10Cl2N4O. The highest BCUT2D eigenvalue weighted by atomic mass is 35.5. The van der Waals surface area contributed by atoms with Crippen LogP contribution < -0.4 is 0 Å². The lowest BCUT2D eigenvalue weighted by molar-refractivity contribution is 0.436. The maximum Gasteiger partial charge on any atom is 0.220 e. The van der Waals surface area contributed by atoms with Crippen molar-refractivity contribution in [1.29, 1.82) is 0 Å². The van der Waals surface area contributed by atoms with E-state index in [1.54, 1.807) is 11.6 Å². The van der Waals surface area contributed by atoms with Crippen molar-refractivity contribution < 1.29 is 5.11 Å². The highest BCUT2D eigenvalue weighted by molar-refractivity contribution is 6.35. The summed E-state index contributed by atoms with van der Waals surface area (Å²) in [6.07, 6.45) is 1.44. The number of para-hydroxylation sites is 1. The zero-order chi connectivity index (χ0) is 15.0. The molecule has 0 bridgehead atoms. The summed E-state index contributed by atoms with van der Waals surface area (Å²) in [5.41, 5.74) is 1.24. The van der Waals surface area contributed by atoms with E-state index in [4.69, 9.17) is 23.2 Å². The lowest BCUT2D eigenvalue weighted by atomic mass is 10.2. The first-order chi connectivity index (χ1) is 10.1. The molecule has 0 saturated carbocycles. The normalized spacial score (nSPS) is 11.6. The Labute approximate surface area is 130 Å². The molecule has 7 heteroatoms. The minimum atomic E-state index is 0.0324. The maximum atomic E-state index is 10.1. The third kappa shape index (κ3) is 2.46. The van der Waals surface area contributed by atoms with Gasteiger partial charge in [0.1, 0.15) is 0 Å². The number of halogens is 2. The molecule has 0 saturated heterocycles. The quantitative estimate of drug-likeness (QED) is 0.675. The van der Waals surface area contributed by atoms with Gasteiger partial charge < -0.3 is 9.67 Å². The number of hydrogen-bond acceptors (Lipinski definition) is 4. The van der Waals surface area contributed by atoms with Crippen molar-refractivity contribution in [3.63, 3.8) is 0 Å². The molecule has 3 rings (SSSR count). The number of nitrogens with zero attached hydrogens (tertiary/aromatic N) is 4. The number of aromatic nitrogens is 2. The molecule has 0 atom stereocenters. The topological polar surface area (TPSA) is 62.8 Å². The number of rotatable bonds is 2. The van der Waals surface area contributed by atoms with Gasteiger partial charge in [-0.15, -0.1) is 10.2 Å². The molecular weight excluding hydrogens is 311 g/mol. The molecule has 1 N–H and O–H groups in total. The molecule has 21 heavy (non-hydrogen) atoms. The van der Waals surface area contributed by atoms with E-state index < -0.39 is 0 Å². The summed E-state index contributed by atoms with van der Waals surface area (Å²) in [7, 11) is 1.75. The van der Waals surface area contributed by atoms with Crippen molar-refractivity contribution in [2.45, 2.75) is 0 Å². The fourth-order valence-corrected chi connectivity index (χ4v) is 2.45. The van der Waals surface area contributed by atoms with E-state index in [1.165, 1.54) is 12.3 Å². The molecule has 5 nitrogen and oxygen atoms in total. The number of pyridine rings is 1. The van der Waals surface area contributed by atoms with Crippen LogP contribution >= 0.6 is 23.2 Å². The Morgan fingerprint density at radius 2 is 1.95 bits per heavy atom. The van der Waals surface area contributed by atoms with Crippen LogP contribution in [-0.2, 0) is 7.05 Å². The molecule has 0 spiro atoms. The van der Waals surface area contributed by atoms with Crippen molar-refractivity contribution in [1.82, 2.24) is 9.55 Å². The predicted octanol–water partition coefficient (Wildman–Crippen LogP) is 5.00. The Kier molecular flexibility index (Phi) is 3.53. The Balaban J connectivity index is 2.09. The largest absolute Gasteiger partial charge is 0.493 e. The van der Waals surface area contributed by atoms with Crippen LogP contribution in [0.5, 0.6) is 5.88 Å². The molecule has 3 aromatic rings. The van der Waals surface area contributed by atoms with E-state index in [9.17, 15) is 5.11 Å². The highest BCUT2D eigenvalue weighted by Crippen LogP contribution is 2.38. The van der Waals surface area contributed by atoms with Crippen molar-refractivity contribution in [3.8, 4) is 5.88 Å². The Hall–Kier alpha value is -2.11. The van der Waals surface area contributed by atoms with Crippen LogP contribution in [0.25, 0.3) is 10.9 Å². The van der Waals surface area contributed by atoms with Gasteiger partial charge in [-0.05, 0) is 12.1 Å². The summed E-state index contributed by atoms with van der Waals surface area (Å²) < 4.78 is 1.64. The SMILES string of the molecule is Cn1c(O)c(N=Nc2ncc(Cl)cc2Cl)c2ccccc21. The zero-order valence-corrected chi connectivity index (χ0v) is 12.5. The summed E-state index contributed by atoms with van der Waals surface area (Å²) >= 11 is 11.8. The summed E-state index contributed by atoms with van der Waals surface area (Å²) in [5.74, 6) is 0.276. The van der Waals surface area contributed by atoms with Gasteiger partial charge in [-0.2, -0.15) is 0 Å². The Bertz CT molecular complexity index is 858. The third-order valence-corrected chi connectivity index (χ3v) is 3.57. The van der Waals surface area contributed by atoms with Crippen LogP contribution in [0.15, 0.2) is 46.8 Å². The number of azo groups is 1. The minimum absolute atomic E-state index is 0.0324. The highest BCUT2D eigenvalue weighted by Gasteiger charge is 2.13. The minimum Gasteiger partial charge on any atom is -0.493 e. The standard InChI is InChI=1S/C14H10Cl2N4O/c1-20-11-5-3-2-4-9(11)12(14(20)21)18-19-13-10(16)6-8(15)7-17-13/h2-7,21H,1H3. The van der Waals surface area contributed by atoms with Gasteiger partial charge in [-0.1, -0.05) is 41.4 Å². The molecule has 0 unspecified atom stereocenters. The van der Waals surface area contributed by atoms with Gasteiger partial charge in [-0.3, -0.25) is 0 Å². The summed E-state index contributed by atoms with van der Waals surface area (Å²) in [6.45, 7) is 0. The summed E-state index contributed by atoms with van der Waals surface area (Å²) in [4.78, 5) is 4.00. The fraction of sp³-hybridized carbons (Fsp3) is 0.0714. The van der Waals surface area contributed by atoms with Gasteiger partial charge in [0, 0.05) is 18.6 Å². The second-order valence-electron chi connectivity index (χ2n) is 4.41. The Morgan fingerprint density at radius 3 is 2.71 bits per heavy atom. The first-order valence-corrected chi connectivity index (χ1v) is 6.82. The van der Waals surface area contributed by atoms with Crippen LogP contribution in [0.2, 0.25) is 10.0 Å². The van der Waals surface area contributed by atoms with Gasteiger partial charge in [0.15, 0.2) is 11.5 Å². The number of benzene rings is 1. The van der Waals surface area contributed by atoms with Crippen LogP contribution in [0.1, 0.15) is 0 Å². The van der Waals surface area contributed by atoms with Crippen molar-refractivity contribution in [2.24, 2.45) is 17.3 Å². The van der Waals surface area contributed by atoms with Gasteiger partial charge >= 0.3 is 0 Å². The monoisotopic (exact) mass is 320 g/mol. The molecule has 2 heterocycles. The molecule has 0 aliphatic heterocycles. The van der Waals surface area contributed by atoms with Gasteiger partial charge in [0.05, 0.1) is 15.6 Å². The lowest BCUT2D eigenvalue weighted by Crippen LogP contribution is -1.84. The van der Waals surface area contributed by atoms with Crippen molar-refractivity contribution >= 4 is 45.6 Å². The van der Waals surface area contributed by atoms with Crippen molar-refractivity contribution in [3.05, 3.63) is 46.6 Å². The van der Waals surface area contributed by atoms with Crippen LogP contribution in [0.3, 0.4) is 0 Å². The molecule has 1 aromatic carbocycles. The second kappa shape index (κ2) is 5.35. The van der Waals surface area contributed by atoms with E-state index in [1.807, 2.05) is 24.3 Å². The van der Waals surface area contributed by atoms with Gasteiger partial charge in [0.25, 0.3) is 0 Å². The molecule has 106 valence electrons. The molecule has 0 amide bonds. The molecule has 0 aliphatic carbocycles. The lowest BCUT2D eigenvalue weighted by Gasteiger charge is -1.97. The second-order valence-corrected chi connectivity index (χ2v) is 5.25.